The minimum absolute atomic E-state index is 0.0519. The van der Waals surface area contributed by atoms with Crippen LogP contribution in [0.1, 0.15) is 92.9 Å². The number of carbonyl (C=O) groups excluding carboxylic acids is 6. The summed E-state index contributed by atoms with van der Waals surface area (Å²) in [6.45, 7) is 12.4. The summed E-state index contributed by atoms with van der Waals surface area (Å²) in [6.07, 6.45) is 6.06. The molecule has 0 aromatic heterocycles. The van der Waals surface area contributed by atoms with Crippen molar-refractivity contribution >= 4 is 35.6 Å². The molecule has 6 N–H and O–H groups in total. The molecule has 3 saturated carbocycles. The van der Waals surface area contributed by atoms with Crippen molar-refractivity contribution in [2.24, 2.45) is 40.2 Å². The fraction of sp³-hybridized carbons (Fsp3) is 0.818. The summed E-state index contributed by atoms with van der Waals surface area (Å²) < 4.78 is 5.32. The van der Waals surface area contributed by atoms with Gasteiger partial charge in [-0.15, -0.1) is 0 Å². The number of ether oxygens (including phenoxy) is 1. The fourth-order valence-electron chi connectivity index (χ4n) is 7.39. The number of amides is 6. The molecular weight excluding hydrogens is 592 g/mol. The molecule has 4 fully saturated rings. The smallest absolute Gasteiger partial charge is 0.407 e. The Kier molecular flexibility index (Phi) is 10.9. The molecular formula is C33H54N6O7. The Morgan fingerprint density at radius 1 is 0.957 bits per heavy atom. The van der Waals surface area contributed by atoms with Gasteiger partial charge >= 0.3 is 12.1 Å². The van der Waals surface area contributed by atoms with E-state index in [4.69, 9.17) is 10.5 Å². The van der Waals surface area contributed by atoms with Crippen LogP contribution in [0.4, 0.5) is 9.59 Å². The van der Waals surface area contributed by atoms with Crippen LogP contribution in [-0.2, 0) is 23.9 Å². The molecule has 3 aliphatic carbocycles. The van der Waals surface area contributed by atoms with Gasteiger partial charge in [0.15, 0.2) is 0 Å². The second-order valence-electron chi connectivity index (χ2n) is 15.4. The summed E-state index contributed by atoms with van der Waals surface area (Å²) in [5, 5.41) is 11.2. The van der Waals surface area contributed by atoms with Crippen LogP contribution >= 0.6 is 0 Å². The molecule has 1 aliphatic heterocycles. The molecule has 1 saturated heterocycles. The van der Waals surface area contributed by atoms with Crippen molar-refractivity contribution in [3.05, 3.63) is 0 Å². The van der Waals surface area contributed by atoms with Gasteiger partial charge in [-0.2, -0.15) is 0 Å². The van der Waals surface area contributed by atoms with Crippen LogP contribution in [0.3, 0.4) is 0 Å². The van der Waals surface area contributed by atoms with E-state index in [1.165, 1.54) is 0 Å². The maximum absolute atomic E-state index is 14.4. The molecule has 0 aromatic carbocycles. The zero-order valence-electron chi connectivity index (χ0n) is 28.3. The average Bonchev–Trinajstić information content (AvgIpc) is 3.84. The maximum Gasteiger partial charge on any atom is 0.407 e. The lowest BCUT2D eigenvalue weighted by Crippen LogP contribution is -2.61. The highest BCUT2D eigenvalue weighted by Crippen LogP contribution is 2.65. The van der Waals surface area contributed by atoms with Crippen molar-refractivity contribution in [1.29, 1.82) is 0 Å². The molecule has 46 heavy (non-hydrogen) atoms. The first kappa shape index (κ1) is 35.5. The Bertz CT molecular complexity index is 1190. The van der Waals surface area contributed by atoms with E-state index in [9.17, 15) is 28.8 Å². The minimum Gasteiger partial charge on any atom is -0.447 e. The van der Waals surface area contributed by atoms with Gasteiger partial charge in [0.2, 0.25) is 17.6 Å². The molecule has 0 spiro atoms. The second kappa shape index (κ2) is 14.2. The Morgan fingerprint density at radius 2 is 1.61 bits per heavy atom. The Hall–Kier alpha value is -3.38. The van der Waals surface area contributed by atoms with Crippen LogP contribution in [0.15, 0.2) is 0 Å². The van der Waals surface area contributed by atoms with Gasteiger partial charge < -0.3 is 36.6 Å². The molecule has 5 unspecified atom stereocenters. The number of Topliss-reactive ketones (excluding diaryl/α,β-unsaturated/α-hetero) is 1. The summed E-state index contributed by atoms with van der Waals surface area (Å²) in [5.41, 5.74) is 4.68. The summed E-state index contributed by atoms with van der Waals surface area (Å²) in [5.74, 6) is -2.58. The van der Waals surface area contributed by atoms with E-state index < -0.39 is 59.3 Å². The van der Waals surface area contributed by atoms with E-state index in [0.29, 0.717) is 19.5 Å². The van der Waals surface area contributed by atoms with Gasteiger partial charge in [-0.3, -0.25) is 19.2 Å². The first-order valence-electron chi connectivity index (χ1n) is 17.0. The Labute approximate surface area is 272 Å². The highest BCUT2D eigenvalue weighted by molar-refractivity contribution is 6.37. The largest absolute Gasteiger partial charge is 0.447 e. The lowest BCUT2D eigenvalue weighted by atomic mass is 9.83. The third kappa shape index (κ3) is 8.31. The molecule has 0 radical (unpaired) electrons. The summed E-state index contributed by atoms with van der Waals surface area (Å²) in [4.78, 5) is 79.8. The topological polar surface area (TPSA) is 189 Å². The molecule has 4 aliphatic rings. The number of alkyl carbamates (subject to hydrolysis) is 1. The van der Waals surface area contributed by atoms with Crippen LogP contribution in [0.5, 0.6) is 0 Å². The van der Waals surface area contributed by atoms with E-state index in [-0.39, 0.29) is 41.6 Å². The number of fused-ring (bicyclic) bond motifs is 1. The molecule has 6 atom stereocenters. The molecule has 258 valence electrons. The molecule has 4 rings (SSSR count). The first-order chi connectivity index (χ1) is 21.6. The number of urea groups is 1. The maximum atomic E-state index is 14.4. The summed E-state index contributed by atoms with van der Waals surface area (Å²) in [6, 6.07) is -3.81. The van der Waals surface area contributed by atoms with Crippen molar-refractivity contribution in [3.8, 4) is 0 Å². The molecule has 13 heteroatoms. The number of nitrogens with one attached hydrogen (secondary N) is 4. The lowest BCUT2D eigenvalue weighted by Gasteiger charge is -2.38. The molecule has 6 amide bonds. The molecule has 13 nitrogen and oxygen atoms in total. The fourth-order valence-corrected chi connectivity index (χ4v) is 7.39. The monoisotopic (exact) mass is 646 g/mol. The molecule has 0 aromatic rings. The van der Waals surface area contributed by atoms with Gasteiger partial charge in [0.25, 0.3) is 5.91 Å². The van der Waals surface area contributed by atoms with E-state index in [2.05, 4.69) is 35.1 Å². The third-order valence-electron chi connectivity index (χ3n) is 10.6. The standard InChI is InChI=1S/C33H54N6O7/c1-7-35-31(45)46-17-22(32(2,3)4)37-30(44)38-24(19-11-9-8-10-12-19)29(43)39-16-20-23(33(20,5)6)25(39)28(42)36-21(15-18-13-14-18)26(40)27(34)41/h18-25H,7-17H2,1-6H3,(H2,34,41)(H,35,45)(H,36,42)(H2,37,38,44)/t20?,21?,22?,23-,24?,25?/m0/s1. The van der Waals surface area contributed by atoms with E-state index in [1.54, 1.807) is 11.8 Å². The van der Waals surface area contributed by atoms with E-state index in [0.717, 1.165) is 44.9 Å². The minimum atomic E-state index is -1.09. The SMILES string of the molecule is CCNC(=O)OCC(NC(=O)NC(C(=O)N1CC2[C@@H](C1C(=O)NC(CC1CC1)C(=O)C(N)=O)C2(C)C)C1CCCCC1)C(C)(C)C. The van der Waals surface area contributed by atoms with Gasteiger partial charge in [0.05, 0.1) is 12.1 Å². The Balaban J connectivity index is 1.53. The van der Waals surface area contributed by atoms with Gasteiger partial charge in [-0.1, -0.05) is 66.7 Å². The van der Waals surface area contributed by atoms with Crippen molar-refractivity contribution in [3.63, 3.8) is 0 Å². The predicted octanol–water partition coefficient (Wildman–Crippen LogP) is 2.22. The number of nitrogens with two attached hydrogens (primary N) is 1. The number of ketones is 1. The van der Waals surface area contributed by atoms with Crippen LogP contribution < -0.4 is 27.0 Å². The van der Waals surface area contributed by atoms with E-state index >= 15 is 0 Å². The number of nitrogens with zero attached hydrogens (tertiary/aromatic N) is 1. The van der Waals surface area contributed by atoms with Crippen LogP contribution in [0, 0.1) is 34.5 Å². The number of primary amides is 1. The average molecular weight is 647 g/mol. The van der Waals surface area contributed by atoms with Gasteiger partial charge in [0.1, 0.15) is 18.7 Å². The first-order valence-corrected chi connectivity index (χ1v) is 17.0. The quantitative estimate of drug-likeness (QED) is 0.190. The number of hydrogen-bond acceptors (Lipinski definition) is 7. The third-order valence-corrected chi connectivity index (χ3v) is 10.6. The molecule has 1 heterocycles. The zero-order chi connectivity index (χ0) is 34.0. The predicted molar refractivity (Wildman–Crippen MR) is 170 cm³/mol. The van der Waals surface area contributed by atoms with Crippen molar-refractivity contribution in [2.45, 2.75) is 117 Å². The van der Waals surface area contributed by atoms with Crippen LogP contribution in [-0.4, -0.2) is 84.4 Å². The number of carbonyl (C=O) groups is 6. The van der Waals surface area contributed by atoms with Crippen molar-refractivity contribution in [2.75, 3.05) is 19.7 Å². The number of piperidine rings is 1. The molecule has 0 bridgehead atoms. The van der Waals surface area contributed by atoms with Gasteiger partial charge in [-0.25, -0.2) is 9.59 Å². The van der Waals surface area contributed by atoms with E-state index in [1.807, 2.05) is 20.8 Å². The van der Waals surface area contributed by atoms with Crippen LogP contribution in [0.2, 0.25) is 0 Å². The summed E-state index contributed by atoms with van der Waals surface area (Å²) in [7, 11) is 0. The van der Waals surface area contributed by atoms with Crippen molar-refractivity contribution < 1.29 is 33.5 Å². The highest BCUT2D eigenvalue weighted by atomic mass is 16.5. The summed E-state index contributed by atoms with van der Waals surface area (Å²) >= 11 is 0. The highest BCUT2D eigenvalue weighted by Gasteiger charge is 2.69. The van der Waals surface area contributed by atoms with Gasteiger partial charge in [0, 0.05) is 13.1 Å². The van der Waals surface area contributed by atoms with Gasteiger partial charge in [-0.05, 0) is 60.7 Å². The van der Waals surface area contributed by atoms with Crippen molar-refractivity contribution in [1.82, 2.24) is 26.2 Å². The zero-order valence-corrected chi connectivity index (χ0v) is 28.3. The second-order valence-corrected chi connectivity index (χ2v) is 15.4. The number of hydrogen-bond donors (Lipinski definition) is 5. The lowest BCUT2D eigenvalue weighted by molar-refractivity contribution is -0.144. The Morgan fingerprint density at radius 3 is 2.17 bits per heavy atom. The normalized spacial score (nSPS) is 25.7. The number of rotatable bonds is 13. The number of likely N-dealkylation sites (tertiary alicyclic amines) is 1. The van der Waals surface area contributed by atoms with Crippen LogP contribution in [0.25, 0.3) is 0 Å².